The first-order valence-electron chi connectivity index (χ1n) is 6.65. The molecule has 20 heavy (non-hydrogen) atoms. The molecule has 0 aliphatic heterocycles. The second-order valence-electron chi connectivity index (χ2n) is 4.99. The van der Waals surface area contributed by atoms with Gasteiger partial charge >= 0.3 is 0 Å². The molecule has 0 bridgehead atoms. The summed E-state index contributed by atoms with van der Waals surface area (Å²) in [6.07, 6.45) is 3.75. The van der Waals surface area contributed by atoms with Crippen LogP contribution in [0.3, 0.4) is 0 Å². The fourth-order valence-corrected chi connectivity index (χ4v) is 3.39. The van der Waals surface area contributed by atoms with E-state index in [2.05, 4.69) is 24.4 Å². The Labute approximate surface area is 122 Å². The van der Waals surface area contributed by atoms with Crippen LogP contribution in [0.1, 0.15) is 32.8 Å². The summed E-state index contributed by atoms with van der Waals surface area (Å²) >= 11 is 1.68. The molecule has 2 nitrogen and oxygen atoms in total. The van der Waals surface area contributed by atoms with Crippen molar-refractivity contribution in [1.29, 1.82) is 0 Å². The van der Waals surface area contributed by atoms with Gasteiger partial charge in [-0.05, 0) is 66.6 Å². The van der Waals surface area contributed by atoms with E-state index in [1.807, 2.05) is 18.2 Å². The number of hydrogen-bond acceptors (Lipinski definition) is 3. The molecule has 0 amide bonds. The molecule has 3 rings (SSSR count). The normalized spacial score (nSPS) is 16.3. The molecule has 1 aliphatic carbocycles. The first-order valence-corrected chi connectivity index (χ1v) is 7.53. The SMILES string of the molecule is COc1ccc2c(c1)CCC(=Cc1sccc1C)C2=O. The average molecular weight is 284 g/mol. The molecule has 102 valence electrons. The smallest absolute Gasteiger partial charge is 0.189 e. The summed E-state index contributed by atoms with van der Waals surface area (Å²) in [5.74, 6) is 0.972. The Morgan fingerprint density at radius 1 is 1.25 bits per heavy atom. The summed E-state index contributed by atoms with van der Waals surface area (Å²) in [6.45, 7) is 2.08. The zero-order valence-corrected chi connectivity index (χ0v) is 12.4. The van der Waals surface area contributed by atoms with Crippen molar-refractivity contribution in [1.82, 2.24) is 0 Å². The van der Waals surface area contributed by atoms with Gasteiger partial charge in [-0.25, -0.2) is 0 Å². The lowest BCUT2D eigenvalue weighted by atomic mass is 9.86. The van der Waals surface area contributed by atoms with Gasteiger partial charge in [0.05, 0.1) is 7.11 Å². The summed E-state index contributed by atoms with van der Waals surface area (Å²) in [5, 5.41) is 2.06. The van der Waals surface area contributed by atoms with Crippen LogP contribution in [-0.2, 0) is 6.42 Å². The third kappa shape index (κ3) is 2.29. The van der Waals surface area contributed by atoms with Crippen molar-refractivity contribution < 1.29 is 9.53 Å². The molecule has 0 saturated heterocycles. The molecule has 0 spiro atoms. The van der Waals surface area contributed by atoms with Gasteiger partial charge in [0.25, 0.3) is 0 Å². The molecule has 0 unspecified atom stereocenters. The van der Waals surface area contributed by atoms with Gasteiger partial charge in [-0.3, -0.25) is 4.79 Å². The van der Waals surface area contributed by atoms with Crippen LogP contribution >= 0.6 is 11.3 Å². The second-order valence-corrected chi connectivity index (χ2v) is 5.94. The average Bonchev–Trinajstić information content (AvgIpc) is 2.87. The minimum atomic E-state index is 0.154. The van der Waals surface area contributed by atoms with Gasteiger partial charge in [0.2, 0.25) is 0 Å². The number of rotatable bonds is 2. The fourth-order valence-electron chi connectivity index (χ4n) is 2.51. The molecule has 2 aromatic rings. The molecule has 1 aromatic heterocycles. The van der Waals surface area contributed by atoms with E-state index in [0.29, 0.717) is 0 Å². The van der Waals surface area contributed by atoms with Crippen LogP contribution in [0.25, 0.3) is 6.08 Å². The molecular weight excluding hydrogens is 268 g/mol. The van der Waals surface area contributed by atoms with Gasteiger partial charge in [-0.15, -0.1) is 11.3 Å². The van der Waals surface area contributed by atoms with E-state index < -0.39 is 0 Å². The molecule has 1 aliphatic rings. The van der Waals surface area contributed by atoms with Crippen molar-refractivity contribution in [2.24, 2.45) is 0 Å². The van der Waals surface area contributed by atoms with Crippen molar-refractivity contribution in [3.8, 4) is 5.75 Å². The number of allylic oxidation sites excluding steroid dienone is 1. The third-order valence-corrected chi connectivity index (χ3v) is 4.69. The zero-order chi connectivity index (χ0) is 14.1. The van der Waals surface area contributed by atoms with Crippen LogP contribution in [0.4, 0.5) is 0 Å². The van der Waals surface area contributed by atoms with Gasteiger partial charge in [-0.2, -0.15) is 0 Å². The van der Waals surface area contributed by atoms with Gasteiger partial charge in [-0.1, -0.05) is 0 Å². The van der Waals surface area contributed by atoms with Crippen molar-refractivity contribution in [3.05, 3.63) is 56.8 Å². The minimum Gasteiger partial charge on any atom is -0.497 e. The summed E-state index contributed by atoms with van der Waals surface area (Å²) in [5.41, 5.74) is 4.05. The van der Waals surface area contributed by atoms with Crippen LogP contribution in [-0.4, -0.2) is 12.9 Å². The number of fused-ring (bicyclic) bond motifs is 1. The van der Waals surface area contributed by atoms with Gasteiger partial charge < -0.3 is 4.74 Å². The number of Topliss-reactive ketones (excluding diaryl/α,β-unsaturated/α-hetero) is 1. The Morgan fingerprint density at radius 2 is 2.10 bits per heavy atom. The number of thiophene rings is 1. The molecule has 0 atom stereocenters. The molecule has 0 fully saturated rings. The highest BCUT2D eigenvalue weighted by molar-refractivity contribution is 7.11. The highest BCUT2D eigenvalue weighted by Gasteiger charge is 2.22. The monoisotopic (exact) mass is 284 g/mol. The predicted molar refractivity (Wildman–Crippen MR) is 82.7 cm³/mol. The highest BCUT2D eigenvalue weighted by atomic mass is 32.1. The molecule has 1 heterocycles. The van der Waals surface area contributed by atoms with E-state index in [9.17, 15) is 4.79 Å². The molecule has 1 aromatic carbocycles. The number of hydrogen-bond donors (Lipinski definition) is 0. The van der Waals surface area contributed by atoms with Crippen LogP contribution in [0.15, 0.2) is 35.2 Å². The number of carbonyl (C=O) groups is 1. The molecule has 0 N–H and O–H groups in total. The number of carbonyl (C=O) groups excluding carboxylic acids is 1. The Kier molecular flexibility index (Phi) is 3.45. The fraction of sp³-hybridized carbons (Fsp3) is 0.235. The topological polar surface area (TPSA) is 26.3 Å². The standard InChI is InChI=1S/C17H16O2S/c1-11-7-8-20-16(11)10-13-4-3-12-9-14(19-2)5-6-15(12)17(13)18/h5-10H,3-4H2,1-2H3. The first kappa shape index (κ1) is 13.1. The number of ether oxygens (including phenoxy) is 1. The first-order chi connectivity index (χ1) is 9.69. The maximum absolute atomic E-state index is 12.5. The molecule has 3 heteroatoms. The Bertz CT molecular complexity index is 695. The highest BCUT2D eigenvalue weighted by Crippen LogP contribution is 2.30. The van der Waals surface area contributed by atoms with Crippen molar-refractivity contribution in [3.63, 3.8) is 0 Å². The maximum atomic E-state index is 12.5. The quantitative estimate of drug-likeness (QED) is 0.769. The van der Waals surface area contributed by atoms with E-state index in [0.717, 1.165) is 35.3 Å². The van der Waals surface area contributed by atoms with E-state index in [4.69, 9.17) is 4.74 Å². The summed E-state index contributed by atoms with van der Waals surface area (Å²) < 4.78 is 5.22. The summed E-state index contributed by atoms with van der Waals surface area (Å²) in [6, 6.07) is 7.80. The zero-order valence-electron chi connectivity index (χ0n) is 11.6. The van der Waals surface area contributed by atoms with Crippen LogP contribution in [0.2, 0.25) is 0 Å². The van der Waals surface area contributed by atoms with E-state index in [-0.39, 0.29) is 5.78 Å². The Hall–Kier alpha value is -1.87. The maximum Gasteiger partial charge on any atom is 0.189 e. The second kappa shape index (κ2) is 5.25. The molecule has 0 saturated carbocycles. The Balaban J connectivity index is 1.97. The summed E-state index contributed by atoms with van der Waals surface area (Å²) in [4.78, 5) is 13.7. The van der Waals surface area contributed by atoms with Crippen molar-refractivity contribution in [2.45, 2.75) is 19.8 Å². The third-order valence-electron chi connectivity index (χ3n) is 3.72. The molecule has 0 radical (unpaired) electrons. The Morgan fingerprint density at radius 3 is 2.80 bits per heavy atom. The number of aryl methyl sites for hydroxylation is 2. The number of ketones is 1. The lowest BCUT2D eigenvalue weighted by Gasteiger charge is -2.18. The van der Waals surface area contributed by atoms with Crippen LogP contribution < -0.4 is 4.74 Å². The van der Waals surface area contributed by atoms with E-state index in [1.165, 1.54) is 10.4 Å². The van der Waals surface area contributed by atoms with Gasteiger partial charge in [0, 0.05) is 16.0 Å². The number of methoxy groups -OCH3 is 1. The van der Waals surface area contributed by atoms with E-state index >= 15 is 0 Å². The van der Waals surface area contributed by atoms with E-state index in [1.54, 1.807) is 18.4 Å². The van der Waals surface area contributed by atoms with Crippen LogP contribution in [0, 0.1) is 6.92 Å². The van der Waals surface area contributed by atoms with Gasteiger partial charge in [0.1, 0.15) is 5.75 Å². The largest absolute Gasteiger partial charge is 0.497 e. The van der Waals surface area contributed by atoms with Crippen molar-refractivity contribution in [2.75, 3.05) is 7.11 Å². The van der Waals surface area contributed by atoms with Crippen LogP contribution in [0.5, 0.6) is 5.75 Å². The lowest BCUT2D eigenvalue weighted by Crippen LogP contribution is -2.14. The predicted octanol–water partition coefficient (Wildman–Crippen LogP) is 4.28. The lowest BCUT2D eigenvalue weighted by molar-refractivity contribution is 0.102. The molecular formula is C17H16O2S. The van der Waals surface area contributed by atoms with Gasteiger partial charge in [0.15, 0.2) is 5.78 Å². The minimum absolute atomic E-state index is 0.154. The van der Waals surface area contributed by atoms with Crippen molar-refractivity contribution >= 4 is 23.2 Å². The summed E-state index contributed by atoms with van der Waals surface area (Å²) in [7, 11) is 1.65. The number of benzene rings is 1.